The van der Waals surface area contributed by atoms with Crippen LogP contribution in [0.4, 0.5) is 0 Å². The molecule has 6 nitrogen and oxygen atoms in total. The molecule has 1 aliphatic heterocycles. The monoisotopic (exact) mass is 314 g/mol. The maximum absolute atomic E-state index is 12.7. The van der Waals surface area contributed by atoms with Crippen molar-refractivity contribution < 1.29 is 9.90 Å². The van der Waals surface area contributed by atoms with Crippen molar-refractivity contribution in [2.45, 2.75) is 26.2 Å². The molecule has 1 amide bonds. The quantitative estimate of drug-likeness (QED) is 0.935. The van der Waals surface area contributed by atoms with Crippen LogP contribution >= 0.6 is 0 Å². The van der Waals surface area contributed by atoms with E-state index in [4.69, 9.17) is 0 Å². The molecule has 1 aliphatic rings. The van der Waals surface area contributed by atoms with Crippen LogP contribution in [0, 0.1) is 5.41 Å². The van der Waals surface area contributed by atoms with Crippen molar-refractivity contribution in [2.24, 2.45) is 5.41 Å². The third-order valence-corrected chi connectivity index (χ3v) is 4.96. The summed E-state index contributed by atoms with van der Waals surface area (Å²) < 4.78 is 1.78. The fraction of sp³-hybridized carbons (Fsp3) is 0.471. The molecule has 0 aromatic carbocycles. The Morgan fingerprint density at radius 2 is 2.13 bits per heavy atom. The molecule has 1 fully saturated rings. The molecule has 0 bridgehead atoms. The summed E-state index contributed by atoms with van der Waals surface area (Å²) in [5.74, 6) is 0.708. The number of aliphatic hydroxyl groups excluding tert-OH is 1. The van der Waals surface area contributed by atoms with Gasteiger partial charge in [0.25, 0.3) is 5.91 Å². The van der Waals surface area contributed by atoms with Gasteiger partial charge in [-0.1, -0.05) is 6.92 Å². The van der Waals surface area contributed by atoms with Gasteiger partial charge in [0, 0.05) is 43.9 Å². The first-order chi connectivity index (χ1) is 11.2. The molecule has 2 aromatic heterocycles. The summed E-state index contributed by atoms with van der Waals surface area (Å²) in [6, 6.07) is 3.54. The summed E-state index contributed by atoms with van der Waals surface area (Å²) in [5.41, 5.74) is 0.619. The first kappa shape index (κ1) is 15.7. The second kappa shape index (κ2) is 6.50. The third-order valence-electron chi connectivity index (χ3n) is 4.96. The van der Waals surface area contributed by atoms with Gasteiger partial charge in [0.05, 0.1) is 0 Å². The molecule has 0 spiro atoms. The van der Waals surface area contributed by atoms with Crippen molar-refractivity contribution in [3.63, 3.8) is 0 Å². The summed E-state index contributed by atoms with van der Waals surface area (Å²) in [6.45, 7) is 3.69. The molecule has 1 N–H and O–H groups in total. The van der Waals surface area contributed by atoms with Gasteiger partial charge in [-0.05, 0) is 36.8 Å². The Morgan fingerprint density at radius 3 is 2.74 bits per heavy atom. The zero-order valence-electron chi connectivity index (χ0n) is 13.4. The lowest BCUT2D eigenvalue weighted by atomic mass is 9.77. The summed E-state index contributed by atoms with van der Waals surface area (Å²) in [5, 5.41) is 9.61. The lowest BCUT2D eigenvalue weighted by Gasteiger charge is -2.40. The number of hydrogen-bond donors (Lipinski definition) is 1. The number of hydrogen-bond acceptors (Lipinski definition) is 4. The molecule has 0 atom stereocenters. The average molecular weight is 314 g/mol. The number of aromatic nitrogens is 3. The molecule has 0 radical (unpaired) electrons. The minimum absolute atomic E-state index is 0.0169. The van der Waals surface area contributed by atoms with Crippen molar-refractivity contribution in [3.8, 4) is 5.82 Å². The van der Waals surface area contributed by atoms with Crippen LogP contribution in [0.3, 0.4) is 0 Å². The van der Waals surface area contributed by atoms with Crippen molar-refractivity contribution in [1.82, 2.24) is 19.4 Å². The van der Waals surface area contributed by atoms with Gasteiger partial charge in [-0.25, -0.2) is 9.97 Å². The molecule has 0 aliphatic carbocycles. The molecule has 6 heteroatoms. The smallest absolute Gasteiger partial charge is 0.254 e. The van der Waals surface area contributed by atoms with Gasteiger partial charge in [-0.3, -0.25) is 9.36 Å². The Hall–Kier alpha value is -2.21. The maximum Gasteiger partial charge on any atom is 0.254 e. The van der Waals surface area contributed by atoms with Gasteiger partial charge in [-0.15, -0.1) is 0 Å². The third kappa shape index (κ3) is 3.12. The second-order valence-corrected chi connectivity index (χ2v) is 6.18. The number of likely N-dealkylation sites (tertiary alicyclic amines) is 1. The molecular formula is C17H22N4O2. The first-order valence-electron chi connectivity index (χ1n) is 8.02. The highest BCUT2D eigenvalue weighted by molar-refractivity contribution is 5.94. The number of pyridine rings is 1. The van der Waals surface area contributed by atoms with Gasteiger partial charge < -0.3 is 10.0 Å². The van der Waals surface area contributed by atoms with Crippen LogP contribution in [0.25, 0.3) is 5.82 Å². The Morgan fingerprint density at radius 1 is 1.35 bits per heavy atom. The summed E-state index contributed by atoms with van der Waals surface area (Å²) in [6.07, 6.45) is 9.45. The molecule has 1 saturated heterocycles. The zero-order valence-corrected chi connectivity index (χ0v) is 13.4. The summed E-state index contributed by atoms with van der Waals surface area (Å²) in [4.78, 5) is 22.9. The van der Waals surface area contributed by atoms with E-state index in [2.05, 4.69) is 16.9 Å². The van der Waals surface area contributed by atoms with E-state index in [0.717, 1.165) is 19.3 Å². The normalized spacial score (nSPS) is 17.2. The Kier molecular flexibility index (Phi) is 4.43. The minimum atomic E-state index is -0.0169. The number of carbonyl (C=O) groups excluding carboxylic acids is 1. The van der Waals surface area contributed by atoms with Crippen LogP contribution in [0.15, 0.2) is 37.1 Å². The van der Waals surface area contributed by atoms with E-state index in [1.807, 2.05) is 4.90 Å². The number of aliphatic hydroxyl groups is 1. The molecule has 0 saturated carbocycles. The van der Waals surface area contributed by atoms with Crippen LogP contribution in [-0.2, 0) is 0 Å². The lowest BCUT2D eigenvalue weighted by Crippen LogP contribution is -2.44. The van der Waals surface area contributed by atoms with E-state index in [9.17, 15) is 9.90 Å². The van der Waals surface area contributed by atoms with Gasteiger partial charge in [0.15, 0.2) is 0 Å². The maximum atomic E-state index is 12.7. The number of amides is 1. The largest absolute Gasteiger partial charge is 0.396 e. The van der Waals surface area contributed by atoms with E-state index >= 15 is 0 Å². The van der Waals surface area contributed by atoms with Crippen LogP contribution in [0.1, 0.15) is 36.5 Å². The predicted octanol–water partition coefficient (Wildman–Crippen LogP) is 1.89. The number of carbonyl (C=O) groups is 1. The Bertz CT molecular complexity index is 655. The zero-order chi connectivity index (χ0) is 16.3. The van der Waals surface area contributed by atoms with Crippen molar-refractivity contribution in [3.05, 3.63) is 42.6 Å². The van der Waals surface area contributed by atoms with Gasteiger partial charge in [0.2, 0.25) is 0 Å². The van der Waals surface area contributed by atoms with Crippen molar-refractivity contribution in [1.29, 1.82) is 0 Å². The van der Waals surface area contributed by atoms with E-state index in [-0.39, 0.29) is 17.9 Å². The van der Waals surface area contributed by atoms with E-state index in [1.165, 1.54) is 0 Å². The first-order valence-corrected chi connectivity index (χ1v) is 8.02. The van der Waals surface area contributed by atoms with Gasteiger partial charge in [0.1, 0.15) is 12.1 Å². The van der Waals surface area contributed by atoms with Gasteiger partial charge in [-0.2, -0.15) is 0 Å². The number of imidazole rings is 1. The van der Waals surface area contributed by atoms with Crippen LogP contribution in [-0.4, -0.2) is 50.1 Å². The van der Waals surface area contributed by atoms with E-state index in [0.29, 0.717) is 24.5 Å². The molecule has 122 valence electrons. The molecule has 0 unspecified atom stereocenters. The van der Waals surface area contributed by atoms with E-state index in [1.54, 1.807) is 41.6 Å². The SMILES string of the molecule is CCC1(CO)CCN(C(=O)c2ccnc(-n3ccnc3)c2)CC1. The van der Waals surface area contributed by atoms with Gasteiger partial charge >= 0.3 is 0 Å². The van der Waals surface area contributed by atoms with Crippen molar-refractivity contribution >= 4 is 5.91 Å². The van der Waals surface area contributed by atoms with Crippen LogP contribution in [0.5, 0.6) is 0 Å². The summed E-state index contributed by atoms with van der Waals surface area (Å²) >= 11 is 0. The molecule has 3 rings (SSSR count). The molecule has 3 heterocycles. The average Bonchev–Trinajstić information content (AvgIpc) is 3.16. The Balaban J connectivity index is 1.73. The molecule has 2 aromatic rings. The number of piperidine rings is 1. The highest BCUT2D eigenvalue weighted by atomic mass is 16.3. The lowest BCUT2D eigenvalue weighted by molar-refractivity contribution is 0.0338. The topological polar surface area (TPSA) is 71.2 Å². The van der Waals surface area contributed by atoms with Crippen molar-refractivity contribution in [2.75, 3.05) is 19.7 Å². The number of nitrogens with zero attached hydrogens (tertiary/aromatic N) is 4. The van der Waals surface area contributed by atoms with Crippen LogP contribution < -0.4 is 0 Å². The van der Waals surface area contributed by atoms with Crippen LogP contribution in [0.2, 0.25) is 0 Å². The fourth-order valence-electron chi connectivity index (χ4n) is 3.08. The summed E-state index contributed by atoms with van der Waals surface area (Å²) in [7, 11) is 0. The predicted molar refractivity (Wildman–Crippen MR) is 86.3 cm³/mol. The second-order valence-electron chi connectivity index (χ2n) is 6.18. The highest BCUT2D eigenvalue weighted by Gasteiger charge is 2.34. The standard InChI is InChI=1S/C17H22N4O2/c1-2-17(12-22)4-8-20(9-5-17)16(23)14-3-6-19-15(11-14)21-10-7-18-13-21/h3,6-7,10-11,13,22H,2,4-5,8-9,12H2,1H3. The molecule has 23 heavy (non-hydrogen) atoms. The fourth-order valence-corrected chi connectivity index (χ4v) is 3.08. The molecular weight excluding hydrogens is 292 g/mol. The van der Waals surface area contributed by atoms with E-state index < -0.39 is 0 Å². The Labute approximate surface area is 135 Å². The highest BCUT2D eigenvalue weighted by Crippen LogP contribution is 2.34. The number of rotatable bonds is 4. The minimum Gasteiger partial charge on any atom is -0.396 e.